The molecule has 0 aliphatic rings. The molecule has 0 amide bonds. The van der Waals surface area contributed by atoms with Crippen molar-refractivity contribution in [3.8, 4) is 5.75 Å². The average Bonchev–Trinajstić information content (AvgIpc) is 2.32. The van der Waals surface area contributed by atoms with Crippen LogP contribution in [-0.4, -0.2) is 25.0 Å². The van der Waals surface area contributed by atoms with E-state index in [9.17, 15) is 9.59 Å². The summed E-state index contributed by atoms with van der Waals surface area (Å²) in [5.74, 6) is -0.407. The number of esters is 1. The molecule has 1 aromatic carbocycles. The van der Waals surface area contributed by atoms with Crippen LogP contribution in [0.3, 0.4) is 0 Å². The number of hydrogen-bond donors (Lipinski definition) is 0. The van der Waals surface area contributed by atoms with Crippen molar-refractivity contribution in [2.24, 2.45) is 0 Å². The zero-order valence-electron chi connectivity index (χ0n) is 10.4. The lowest BCUT2D eigenvalue weighted by molar-refractivity contribution is -0.141. The van der Waals surface area contributed by atoms with Crippen LogP contribution < -0.4 is 4.74 Å². The molecule has 0 unspecified atom stereocenters. The van der Waals surface area contributed by atoms with Crippen LogP contribution in [0.2, 0.25) is 5.02 Å². The highest BCUT2D eigenvalue weighted by Gasteiger charge is 2.14. The van der Waals surface area contributed by atoms with Crippen LogP contribution in [0.5, 0.6) is 5.75 Å². The number of carbonyl (C=O) groups excluding carboxylic acids is 2. The predicted octanol–water partition coefficient (Wildman–Crippen LogP) is 2.87. The molecular formula is C13H15ClO4. The number of Topliss-reactive ketones (excluding diaryl/α,β-unsaturated/α-hetero) is 1. The van der Waals surface area contributed by atoms with Gasteiger partial charge in [0.1, 0.15) is 12.2 Å². The summed E-state index contributed by atoms with van der Waals surface area (Å²) < 4.78 is 10.00. The van der Waals surface area contributed by atoms with Crippen molar-refractivity contribution in [3.05, 3.63) is 28.8 Å². The first kappa shape index (κ1) is 14.5. The fourth-order valence-electron chi connectivity index (χ4n) is 1.39. The lowest BCUT2D eigenvalue weighted by Gasteiger charge is -2.07. The maximum Gasteiger partial charge on any atom is 0.313 e. The highest BCUT2D eigenvalue weighted by atomic mass is 35.5. The monoisotopic (exact) mass is 270 g/mol. The van der Waals surface area contributed by atoms with Gasteiger partial charge in [0, 0.05) is 5.56 Å². The molecule has 0 fully saturated rings. The van der Waals surface area contributed by atoms with Crippen LogP contribution in [0.15, 0.2) is 18.2 Å². The smallest absolute Gasteiger partial charge is 0.313 e. The molecule has 0 bridgehead atoms. The molecule has 0 heterocycles. The summed E-state index contributed by atoms with van der Waals surface area (Å²) in [7, 11) is 0. The van der Waals surface area contributed by atoms with Crippen LogP contribution in [0.1, 0.15) is 30.6 Å². The Balaban J connectivity index is 2.80. The number of carbonyl (C=O) groups is 2. The first-order valence-electron chi connectivity index (χ1n) is 5.69. The molecule has 0 saturated heterocycles. The van der Waals surface area contributed by atoms with E-state index in [-0.39, 0.29) is 18.8 Å². The Kier molecular flexibility index (Phi) is 5.65. The number of hydrogen-bond acceptors (Lipinski definition) is 4. The van der Waals surface area contributed by atoms with Crippen molar-refractivity contribution in [1.29, 1.82) is 0 Å². The van der Waals surface area contributed by atoms with E-state index in [4.69, 9.17) is 21.1 Å². The molecule has 0 saturated carbocycles. The molecule has 0 radical (unpaired) electrons. The van der Waals surface area contributed by atoms with E-state index >= 15 is 0 Å². The van der Waals surface area contributed by atoms with E-state index in [0.29, 0.717) is 22.9 Å². The summed E-state index contributed by atoms with van der Waals surface area (Å²) in [5.41, 5.74) is 0.385. The molecule has 98 valence electrons. The maximum atomic E-state index is 11.8. The van der Waals surface area contributed by atoms with Gasteiger partial charge in [-0.15, -0.1) is 0 Å². The van der Waals surface area contributed by atoms with E-state index in [1.165, 1.54) is 6.07 Å². The average molecular weight is 271 g/mol. The van der Waals surface area contributed by atoms with Gasteiger partial charge in [0.25, 0.3) is 0 Å². The number of benzene rings is 1. The molecular weight excluding hydrogens is 256 g/mol. The van der Waals surface area contributed by atoms with E-state index in [1.54, 1.807) is 19.1 Å². The summed E-state index contributed by atoms with van der Waals surface area (Å²) in [6.07, 6.45) is -0.277. The largest absolute Gasteiger partial charge is 0.492 e. The summed E-state index contributed by atoms with van der Waals surface area (Å²) in [4.78, 5) is 23.0. The summed E-state index contributed by atoms with van der Waals surface area (Å²) >= 11 is 5.91. The number of ketones is 1. The van der Waals surface area contributed by atoms with E-state index in [1.807, 2.05) is 6.92 Å². The number of halogens is 1. The molecule has 0 spiro atoms. The quantitative estimate of drug-likeness (QED) is 0.453. The Morgan fingerprint density at radius 3 is 2.56 bits per heavy atom. The van der Waals surface area contributed by atoms with Crippen molar-refractivity contribution < 1.29 is 19.1 Å². The zero-order valence-corrected chi connectivity index (χ0v) is 11.1. The minimum absolute atomic E-state index is 0.261. The molecule has 0 aromatic heterocycles. The van der Waals surface area contributed by atoms with Crippen molar-refractivity contribution in [3.63, 3.8) is 0 Å². The molecule has 0 N–H and O–H groups in total. The second-order valence-electron chi connectivity index (χ2n) is 3.48. The van der Waals surface area contributed by atoms with Gasteiger partial charge in [-0.05, 0) is 32.0 Å². The van der Waals surface area contributed by atoms with Gasteiger partial charge in [0.15, 0.2) is 5.78 Å². The Labute approximate surface area is 111 Å². The third kappa shape index (κ3) is 4.04. The third-order valence-corrected chi connectivity index (χ3v) is 2.48. The van der Waals surface area contributed by atoms with Crippen LogP contribution >= 0.6 is 11.6 Å². The van der Waals surface area contributed by atoms with Gasteiger partial charge < -0.3 is 9.47 Å². The van der Waals surface area contributed by atoms with Crippen molar-refractivity contribution in [2.45, 2.75) is 20.3 Å². The molecule has 0 aliphatic heterocycles. The normalized spacial score (nSPS) is 9.94. The van der Waals surface area contributed by atoms with Crippen LogP contribution in [-0.2, 0) is 9.53 Å². The van der Waals surface area contributed by atoms with Crippen LogP contribution in [0.4, 0.5) is 0 Å². The third-order valence-electron chi connectivity index (χ3n) is 2.16. The van der Waals surface area contributed by atoms with Gasteiger partial charge in [-0.25, -0.2) is 0 Å². The summed E-state index contributed by atoms with van der Waals surface area (Å²) in [5, 5.41) is 0.435. The van der Waals surface area contributed by atoms with Gasteiger partial charge in [0.2, 0.25) is 0 Å². The number of rotatable bonds is 6. The molecule has 0 aliphatic carbocycles. The second-order valence-corrected chi connectivity index (χ2v) is 3.89. The first-order chi connectivity index (χ1) is 8.58. The zero-order chi connectivity index (χ0) is 13.5. The van der Waals surface area contributed by atoms with E-state index < -0.39 is 5.97 Å². The van der Waals surface area contributed by atoms with E-state index in [0.717, 1.165) is 0 Å². The summed E-state index contributed by atoms with van der Waals surface area (Å²) in [6.45, 7) is 4.23. The minimum atomic E-state index is -0.532. The van der Waals surface area contributed by atoms with E-state index in [2.05, 4.69) is 0 Å². The molecule has 18 heavy (non-hydrogen) atoms. The molecule has 1 aromatic rings. The fraction of sp³-hybridized carbons (Fsp3) is 0.385. The first-order valence-corrected chi connectivity index (χ1v) is 6.07. The second kappa shape index (κ2) is 7.01. The molecule has 1 rings (SSSR count). The lowest BCUT2D eigenvalue weighted by Crippen LogP contribution is -2.11. The topological polar surface area (TPSA) is 52.6 Å². The minimum Gasteiger partial charge on any atom is -0.492 e. The maximum absolute atomic E-state index is 11.8. The summed E-state index contributed by atoms with van der Waals surface area (Å²) in [6, 6.07) is 4.67. The van der Waals surface area contributed by atoms with Crippen LogP contribution in [0, 0.1) is 0 Å². The number of ether oxygens (including phenoxy) is 2. The lowest BCUT2D eigenvalue weighted by atomic mass is 10.1. The van der Waals surface area contributed by atoms with Crippen molar-refractivity contribution in [2.75, 3.05) is 13.2 Å². The molecule has 4 nitrogen and oxygen atoms in total. The Morgan fingerprint density at radius 1 is 1.22 bits per heavy atom. The molecule has 0 atom stereocenters. The highest BCUT2D eigenvalue weighted by molar-refractivity contribution is 6.32. The van der Waals surface area contributed by atoms with Gasteiger partial charge in [0.05, 0.1) is 18.2 Å². The SMILES string of the molecule is CCOC(=O)CC(=O)c1ccc(Cl)c(OCC)c1. The fourth-order valence-corrected chi connectivity index (χ4v) is 1.56. The van der Waals surface area contributed by atoms with Gasteiger partial charge >= 0.3 is 5.97 Å². The van der Waals surface area contributed by atoms with Gasteiger partial charge in [-0.3, -0.25) is 9.59 Å². The van der Waals surface area contributed by atoms with Crippen molar-refractivity contribution in [1.82, 2.24) is 0 Å². The predicted molar refractivity (Wildman–Crippen MR) is 68.2 cm³/mol. The van der Waals surface area contributed by atoms with Gasteiger partial charge in [-0.1, -0.05) is 11.6 Å². The highest BCUT2D eigenvalue weighted by Crippen LogP contribution is 2.26. The standard InChI is InChI=1S/C13H15ClO4/c1-3-17-12-7-9(5-6-10(12)14)11(15)8-13(16)18-4-2/h5-7H,3-4,8H2,1-2H3. The molecule has 5 heteroatoms. The van der Waals surface area contributed by atoms with Crippen LogP contribution in [0.25, 0.3) is 0 Å². The Hall–Kier alpha value is -1.55. The Bertz CT molecular complexity index is 443. The van der Waals surface area contributed by atoms with Gasteiger partial charge in [-0.2, -0.15) is 0 Å². The Morgan fingerprint density at radius 2 is 1.94 bits per heavy atom. The van der Waals surface area contributed by atoms with Crippen molar-refractivity contribution >= 4 is 23.4 Å².